The minimum atomic E-state index is 0.524. The molecule has 2 aromatic rings. The molecular weight excluding hydrogens is 332 g/mol. The molecule has 0 heterocycles. The summed E-state index contributed by atoms with van der Waals surface area (Å²) in [5, 5.41) is 0. The van der Waals surface area contributed by atoms with Gasteiger partial charge in [0.1, 0.15) is 23.0 Å². The third-order valence-corrected chi connectivity index (χ3v) is 3.88. The Balaban J connectivity index is 2.60. The average molecular weight is 360 g/mol. The van der Waals surface area contributed by atoms with E-state index in [0.717, 1.165) is 24.0 Å². The lowest BCUT2D eigenvalue weighted by Gasteiger charge is -2.18. The molecule has 0 radical (unpaired) electrons. The van der Waals surface area contributed by atoms with Crippen LogP contribution in [-0.4, -0.2) is 27.4 Å². The van der Waals surface area contributed by atoms with Crippen LogP contribution in [0.25, 0.3) is 11.1 Å². The van der Waals surface area contributed by atoms with E-state index in [-0.39, 0.29) is 0 Å². The van der Waals surface area contributed by atoms with Gasteiger partial charge in [-0.3, -0.25) is 0 Å². The number of methoxy groups -OCH3 is 2. The van der Waals surface area contributed by atoms with Crippen LogP contribution >= 0.6 is 0 Å². The van der Waals surface area contributed by atoms with Crippen LogP contribution in [0.5, 0.6) is 23.0 Å². The summed E-state index contributed by atoms with van der Waals surface area (Å²) in [4.78, 5) is 0. The Labute approximate surface area is 155 Å². The van der Waals surface area contributed by atoms with Gasteiger partial charge in [0.15, 0.2) is 0 Å². The number of benzene rings is 2. The second-order valence-electron chi connectivity index (χ2n) is 5.88. The van der Waals surface area contributed by atoms with Crippen molar-refractivity contribution in [2.45, 2.75) is 26.7 Å². The van der Waals surface area contributed by atoms with Crippen molar-refractivity contribution in [2.24, 2.45) is 0 Å². The predicted octanol–water partition coefficient (Wildman–Crippen LogP) is 4.11. The second-order valence-corrected chi connectivity index (χ2v) is 5.88. The van der Waals surface area contributed by atoms with Gasteiger partial charge >= 0.3 is 0 Å². The van der Waals surface area contributed by atoms with Crippen LogP contribution < -0.4 is 30.4 Å². The maximum absolute atomic E-state index is 6.09. The Morgan fingerprint density at radius 2 is 1.04 bits per heavy atom. The van der Waals surface area contributed by atoms with Gasteiger partial charge < -0.3 is 30.4 Å². The van der Waals surface area contributed by atoms with E-state index in [2.05, 4.69) is 0 Å². The zero-order chi connectivity index (χ0) is 19.1. The Hall–Kier alpha value is -2.76. The lowest BCUT2D eigenvalue weighted by molar-refractivity contribution is 0.317. The minimum Gasteiger partial charge on any atom is -0.496 e. The van der Waals surface area contributed by atoms with E-state index in [1.54, 1.807) is 26.4 Å². The van der Waals surface area contributed by atoms with Gasteiger partial charge in [-0.2, -0.15) is 0 Å². The Bertz CT molecular complexity index is 684. The van der Waals surface area contributed by atoms with E-state index in [1.165, 1.54) is 0 Å². The fourth-order valence-electron chi connectivity index (χ4n) is 2.58. The average Bonchev–Trinajstić information content (AvgIpc) is 2.65. The summed E-state index contributed by atoms with van der Waals surface area (Å²) in [6, 6.07) is 7.23. The quantitative estimate of drug-likeness (QED) is 0.654. The lowest BCUT2D eigenvalue weighted by Crippen LogP contribution is -2.03. The molecule has 0 saturated carbocycles. The second kappa shape index (κ2) is 9.08. The SMILES string of the molecule is CCCOc1cc(-c2cc(OCCC)c(N)cc2OC)c(OC)cc1N. The van der Waals surface area contributed by atoms with Gasteiger partial charge in [0, 0.05) is 23.3 Å². The van der Waals surface area contributed by atoms with Crippen molar-refractivity contribution in [3.63, 3.8) is 0 Å². The summed E-state index contributed by atoms with van der Waals surface area (Å²) in [5.41, 5.74) is 14.8. The molecule has 0 aliphatic carbocycles. The van der Waals surface area contributed by atoms with E-state index in [1.807, 2.05) is 26.0 Å². The van der Waals surface area contributed by atoms with E-state index >= 15 is 0 Å². The van der Waals surface area contributed by atoms with Crippen molar-refractivity contribution in [1.82, 2.24) is 0 Å². The first-order valence-corrected chi connectivity index (χ1v) is 8.76. The topological polar surface area (TPSA) is 89.0 Å². The number of ether oxygens (including phenoxy) is 4. The van der Waals surface area contributed by atoms with E-state index < -0.39 is 0 Å². The summed E-state index contributed by atoms with van der Waals surface area (Å²) in [5.74, 6) is 2.46. The number of rotatable bonds is 9. The first-order chi connectivity index (χ1) is 12.5. The first kappa shape index (κ1) is 19.6. The molecule has 6 nitrogen and oxygen atoms in total. The molecular formula is C20H28N2O4. The standard InChI is InChI=1S/C20H28N2O4/c1-5-7-25-19-9-13(17(23-3)11-15(19)21)14-10-20(26-8-6-2)16(22)12-18(14)24-4/h9-12H,5-8,21-22H2,1-4H3. The summed E-state index contributed by atoms with van der Waals surface area (Å²) < 4.78 is 22.6. The van der Waals surface area contributed by atoms with Gasteiger partial charge in [0.05, 0.1) is 38.8 Å². The summed E-state index contributed by atoms with van der Waals surface area (Å²) in [7, 11) is 3.20. The van der Waals surface area contributed by atoms with Crippen molar-refractivity contribution in [3.8, 4) is 34.1 Å². The number of hydrogen-bond acceptors (Lipinski definition) is 6. The molecule has 0 aliphatic rings. The zero-order valence-electron chi connectivity index (χ0n) is 15.9. The van der Waals surface area contributed by atoms with Crippen LogP contribution in [0.2, 0.25) is 0 Å². The van der Waals surface area contributed by atoms with Crippen molar-refractivity contribution in [2.75, 3.05) is 38.9 Å². The third-order valence-electron chi connectivity index (χ3n) is 3.88. The largest absolute Gasteiger partial charge is 0.496 e. The molecule has 26 heavy (non-hydrogen) atoms. The van der Waals surface area contributed by atoms with Crippen LogP contribution in [0.4, 0.5) is 11.4 Å². The molecule has 2 rings (SSSR count). The van der Waals surface area contributed by atoms with Gasteiger partial charge in [0.25, 0.3) is 0 Å². The highest BCUT2D eigenvalue weighted by molar-refractivity contribution is 5.83. The summed E-state index contributed by atoms with van der Waals surface area (Å²) >= 11 is 0. The van der Waals surface area contributed by atoms with Crippen LogP contribution in [-0.2, 0) is 0 Å². The fourth-order valence-corrected chi connectivity index (χ4v) is 2.58. The highest BCUT2D eigenvalue weighted by atomic mass is 16.5. The summed E-state index contributed by atoms with van der Waals surface area (Å²) in [6.45, 7) is 5.25. The zero-order valence-corrected chi connectivity index (χ0v) is 15.9. The fraction of sp³-hybridized carbons (Fsp3) is 0.400. The molecule has 0 aromatic heterocycles. The lowest BCUT2D eigenvalue weighted by atomic mass is 10.0. The Morgan fingerprint density at radius 3 is 1.35 bits per heavy atom. The molecule has 4 N–H and O–H groups in total. The number of anilines is 2. The van der Waals surface area contributed by atoms with Crippen LogP contribution in [0, 0.1) is 0 Å². The Morgan fingerprint density at radius 1 is 0.654 bits per heavy atom. The van der Waals surface area contributed by atoms with Gasteiger partial charge in [0.2, 0.25) is 0 Å². The molecule has 0 bridgehead atoms. The van der Waals surface area contributed by atoms with Crippen molar-refractivity contribution in [3.05, 3.63) is 24.3 Å². The molecule has 0 aliphatic heterocycles. The number of hydrogen-bond donors (Lipinski definition) is 2. The van der Waals surface area contributed by atoms with Gasteiger partial charge in [-0.1, -0.05) is 13.8 Å². The van der Waals surface area contributed by atoms with Crippen LogP contribution in [0.3, 0.4) is 0 Å². The monoisotopic (exact) mass is 360 g/mol. The van der Waals surface area contributed by atoms with E-state index in [4.69, 9.17) is 30.4 Å². The van der Waals surface area contributed by atoms with E-state index in [0.29, 0.717) is 47.6 Å². The minimum absolute atomic E-state index is 0.524. The Kier molecular flexibility index (Phi) is 6.83. The molecule has 0 fully saturated rings. The smallest absolute Gasteiger partial charge is 0.143 e. The molecule has 0 spiro atoms. The highest BCUT2D eigenvalue weighted by Crippen LogP contribution is 2.44. The van der Waals surface area contributed by atoms with Gasteiger partial charge in [-0.25, -0.2) is 0 Å². The molecule has 0 atom stereocenters. The van der Waals surface area contributed by atoms with E-state index in [9.17, 15) is 0 Å². The molecule has 142 valence electrons. The van der Waals surface area contributed by atoms with Crippen LogP contribution in [0.1, 0.15) is 26.7 Å². The number of nitrogens with two attached hydrogens (primary N) is 2. The van der Waals surface area contributed by atoms with Crippen LogP contribution in [0.15, 0.2) is 24.3 Å². The van der Waals surface area contributed by atoms with Gasteiger partial charge in [-0.05, 0) is 25.0 Å². The van der Waals surface area contributed by atoms with Crippen molar-refractivity contribution in [1.29, 1.82) is 0 Å². The normalized spacial score (nSPS) is 10.5. The molecule has 2 aromatic carbocycles. The third kappa shape index (κ3) is 4.25. The molecule has 0 amide bonds. The van der Waals surface area contributed by atoms with Crippen molar-refractivity contribution >= 4 is 11.4 Å². The van der Waals surface area contributed by atoms with Crippen molar-refractivity contribution < 1.29 is 18.9 Å². The summed E-state index contributed by atoms with van der Waals surface area (Å²) in [6.07, 6.45) is 1.78. The highest BCUT2D eigenvalue weighted by Gasteiger charge is 2.18. The predicted molar refractivity (Wildman–Crippen MR) is 105 cm³/mol. The molecule has 0 saturated heterocycles. The maximum atomic E-state index is 6.09. The van der Waals surface area contributed by atoms with Gasteiger partial charge in [-0.15, -0.1) is 0 Å². The number of nitrogen functional groups attached to an aromatic ring is 2. The first-order valence-electron chi connectivity index (χ1n) is 8.76. The maximum Gasteiger partial charge on any atom is 0.143 e. The molecule has 6 heteroatoms. The molecule has 0 unspecified atom stereocenters.